The summed E-state index contributed by atoms with van der Waals surface area (Å²) >= 11 is 0. The summed E-state index contributed by atoms with van der Waals surface area (Å²) in [6.07, 6.45) is 1.75. The third-order valence-corrected chi connectivity index (χ3v) is 4.42. The van der Waals surface area contributed by atoms with Crippen molar-refractivity contribution in [1.82, 2.24) is 9.97 Å². The molecule has 1 N–H and O–H groups in total. The van der Waals surface area contributed by atoms with Crippen LogP contribution in [0.1, 0.15) is 11.1 Å². The smallest absolute Gasteiger partial charge is 0.232 e. The van der Waals surface area contributed by atoms with Crippen LogP contribution in [0.2, 0.25) is 0 Å². The predicted molar refractivity (Wildman–Crippen MR) is 115 cm³/mol. The minimum Gasteiger partial charge on any atom is -0.340 e. The highest BCUT2D eigenvalue weighted by molar-refractivity contribution is 5.62. The Morgan fingerprint density at radius 3 is 2.21 bits per heavy atom. The molecule has 5 nitrogen and oxygen atoms in total. The lowest BCUT2D eigenvalue weighted by atomic mass is 10.2. The van der Waals surface area contributed by atoms with Crippen LogP contribution in [-0.2, 0) is 6.54 Å². The molecule has 1 heterocycles. The van der Waals surface area contributed by atoms with Gasteiger partial charge in [0.25, 0.3) is 0 Å². The largest absolute Gasteiger partial charge is 0.340 e. The number of hydrogen-bond acceptors (Lipinski definition) is 5. The first kappa shape index (κ1) is 18.2. The van der Waals surface area contributed by atoms with Gasteiger partial charge in [-0.25, -0.2) is 4.98 Å². The number of aromatic nitrogens is 2. The number of anilines is 4. The van der Waals surface area contributed by atoms with E-state index in [9.17, 15) is 0 Å². The molecular weight excluding hydrogens is 358 g/mol. The van der Waals surface area contributed by atoms with Crippen molar-refractivity contribution >= 4 is 23.1 Å². The minimum atomic E-state index is 0.610. The molecule has 0 unspecified atom stereocenters. The van der Waals surface area contributed by atoms with Gasteiger partial charge in [0.05, 0.1) is 18.2 Å². The van der Waals surface area contributed by atoms with E-state index in [1.165, 1.54) is 5.56 Å². The molecular formula is C24H19N5. The lowest BCUT2D eigenvalue weighted by Crippen LogP contribution is -2.19. The third kappa shape index (κ3) is 4.57. The predicted octanol–water partition coefficient (Wildman–Crippen LogP) is 5.43. The van der Waals surface area contributed by atoms with Gasteiger partial charge < -0.3 is 10.2 Å². The summed E-state index contributed by atoms with van der Waals surface area (Å²) in [4.78, 5) is 11.3. The molecule has 0 aliphatic carbocycles. The average molecular weight is 377 g/mol. The van der Waals surface area contributed by atoms with Crippen LogP contribution in [-0.4, -0.2) is 9.97 Å². The van der Waals surface area contributed by atoms with E-state index in [0.717, 1.165) is 11.4 Å². The monoisotopic (exact) mass is 377 g/mol. The summed E-state index contributed by atoms with van der Waals surface area (Å²) in [5.74, 6) is 1.30. The maximum atomic E-state index is 8.95. The van der Waals surface area contributed by atoms with Gasteiger partial charge in [-0.05, 0) is 48.0 Å². The molecule has 0 fully saturated rings. The second-order valence-electron chi connectivity index (χ2n) is 6.46. The lowest BCUT2D eigenvalue weighted by molar-refractivity contribution is 0.913. The van der Waals surface area contributed by atoms with E-state index < -0.39 is 0 Å². The maximum absolute atomic E-state index is 8.95. The second kappa shape index (κ2) is 8.68. The quantitative estimate of drug-likeness (QED) is 0.485. The summed E-state index contributed by atoms with van der Waals surface area (Å²) in [6, 6.07) is 31.6. The Bertz CT molecular complexity index is 1100. The zero-order valence-corrected chi connectivity index (χ0v) is 15.7. The van der Waals surface area contributed by atoms with E-state index in [2.05, 4.69) is 33.4 Å². The maximum Gasteiger partial charge on any atom is 0.232 e. The fourth-order valence-corrected chi connectivity index (χ4v) is 2.98. The second-order valence-corrected chi connectivity index (χ2v) is 6.46. The van der Waals surface area contributed by atoms with Crippen LogP contribution in [0.4, 0.5) is 23.1 Å². The molecule has 0 bridgehead atoms. The highest BCUT2D eigenvalue weighted by Crippen LogP contribution is 2.26. The molecule has 0 aliphatic heterocycles. The van der Waals surface area contributed by atoms with E-state index in [-0.39, 0.29) is 0 Å². The molecule has 0 aliphatic rings. The van der Waals surface area contributed by atoms with E-state index in [1.54, 1.807) is 18.3 Å². The van der Waals surface area contributed by atoms with Crippen LogP contribution in [0.5, 0.6) is 0 Å². The summed E-state index contributed by atoms with van der Waals surface area (Å²) in [5.41, 5.74) is 3.68. The van der Waals surface area contributed by atoms with Gasteiger partial charge in [-0.2, -0.15) is 10.2 Å². The highest BCUT2D eigenvalue weighted by Gasteiger charge is 2.13. The molecule has 0 spiro atoms. The first-order chi connectivity index (χ1) is 14.3. The van der Waals surface area contributed by atoms with Crippen molar-refractivity contribution in [1.29, 1.82) is 5.26 Å². The number of nitrogens with zero attached hydrogens (tertiary/aromatic N) is 4. The number of rotatable bonds is 6. The van der Waals surface area contributed by atoms with Crippen LogP contribution < -0.4 is 10.2 Å². The van der Waals surface area contributed by atoms with Crippen LogP contribution in [0, 0.1) is 11.3 Å². The van der Waals surface area contributed by atoms with Crippen LogP contribution in [0.25, 0.3) is 0 Å². The summed E-state index contributed by atoms with van der Waals surface area (Å²) in [6.45, 7) is 0.658. The molecule has 3 aromatic carbocycles. The molecule has 5 heteroatoms. The zero-order chi connectivity index (χ0) is 19.9. The Morgan fingerprint density at radius 2 is 1.52 bits per heavy atom. The van der Waals surface area contributed by atoms with Gasteiger partial charge in [0.15, 0.2) is 0 Å². The number of nitrogens with one attached hydrogen (secondary N) is 1. The molecule has 0 amide bonds. The summed E-state index contributed by atoms with van der Waals surface area (Å²) in [7, 11) is 0. The van der Waals surface area contributed by atoms with Crippen molar-refractivity contribution < 1.29 is 0 Å². The molecule has 29 heavy (non-hydrogen) atoms. The topological polar surface area (TPSA) is 64.8 Å². The number of para-hydroxylation sites is 1. The van der Waals surface area contributed by atoms with Gasteiger partial charge in [-0.1, -0.05) is 48.5 Å². The Morgan fingerprint density at radius 1 is 0.828 bits per heavy atom. The van der Waals surface area contributed by atoms with Gasteiger partial charge in [0.1, 0.15) is 5.82 Å². The molecule has 0 saturated heterocycles. The van der Waals surface area contributed by atoms with Crippen molar-refractivity contribution in [3.8, 4) is 6.07 Å². The lowest BCUT2D eigenvalue weighted by Gasteiger charge is -2.23. The third-order valence-electron chi connectivity index (χ3n) is 4.42. The fraction of sp³-hybridized carbons (Fsp3) is 0.0417. The van der Waals surface area contributed by atoms with Crippen LogP contribution >= 0.6 is 0 Å². The van der Waals surface area contributed by atoms with E-state index in [0.29, 0.717) is 23.9 Å². The highest BCUT2D eigenvalue weighted by atomic mass is 15.3. The van der Waals surface area contributed by atoms with Gasteiger partial charge in [0.2, 0.25) is 5.95 Å². The van der Waals surface area contributed by atoms with Crippen molar-refractivity contribution in [2.45, 2.75) is 6.54 Å². The normalized spacial score (nSPS) is 10.2. The van der Waals surface area contributed by atoms with E-state index in [1.807, 2.05) is 66.7 Å². The Hall–Kier alpha value is -4.17. The summed E-state index contributed by atoms with van der Waals surface area (Å²) in [5, 5.41) is 12.2. The average Bonchev–Trinajstić information content (AvgIpc) is 2.79. The van der Waals surface area contributed by atoms with Gasteiger partial charge in [-0.3, -0.25) is 0 Å². The zero-order valence-electron chi connectivity index (χ0n) is 15.7. The van der Waals surface area contributed by atoms with Gasteiger partial charge in [0, 0.05) is 17.6 Å². The first-order valence-electron chi connectivity index (χ1n) is 9.28. The molecule has 4 aromatic rings. The number of nitriles is 1. The number of benzene rings is 3. The first-order valence-corrected chi connectivity index (χ1v) is 9.28. The van der Waals surface area contributed by atoms with E-state index in [4.69, 9.17) is 10.2 Å². The van der Waals surface area contributed by atoms with Crippen molar-refractivity contribution in [2.24, 2.45) is 0 Å². The van der Waals surface area contributed by atoms with Gasteiger partial charge >= 0.3 is 0 Å². The van der Waals surface area contributed by atoms with Crippen molar-refractivity contribution in [3.05, 3.63) is 108 Å². The number of hydrogen-bond donors (Lipinski definition) is 1. The van der Waals surface area contributed by atoms with Gasteiger partial charge in [-0.15, -0.1) is 0 Å². The molecule has 0 saturated carbocycles. The van der Waals surface area contributed by atoms with Crippen LogP contribution in [0.3, 0.4) is 0 Å². The molecule has 140 valence electrons. The Labute approximate surface area is 169 Å². The van der Waals surface area contributed by atoms with Crippen LogP contribution in [0.15, 0.2) is 97.2 Å². The molecule has 1 aromatic heterocycles. The van der Waals surface area contributed by atoms with E-state index >= 15 is 0 Å². The standard InChI is InChI=1S/C24H19N5/c25-17-19-11-13-21(14-12-19)27-23-15-16-26-24(28-23)29(22-9-5-2-6-10-22)18-20-7-3-1-4-8-20/h1-16H,18H2,(H,26,27,28). The Kier molecular flexibility index (Phi) is 5.45. The fourth-order valence-electron chi connectivity index (χ4n) is 2.98. The van der Waals surface area contributed by atoms with Crippen molar-refractivity contribution in [3.63, 3.8) is 0 Å². The summed E-state index contributed by atoms with van der Waals surface area (Å²) < 4.78 is 0. The molecule has 0 atom stereocenters. The SMILES string of the molecule is N#Cc1ccc(Nc2ccnc(N(Cc3ccccc3)c3ccccc3)n2)cc1. The minimum absolute atomic E-state index is 0.610. The molecule has 4 rings (SSSR count). The van der Waals surface area contributed by atoms with Crippen molar-refractivity contribution in [2.75, 3.05) is 10.2 Å². The Balaban J connectivity index is 1.64. The molecule has 0 radical (unpaired) electrons.